The Bertz CT molecular complexity index is 788. The van der Waals surface area contributed by atoms with Crippen LogP contribution in [0.2, 0.25) is 0 Å². The lowest BCUT2D eigenvalue weighted by Crippen LogP contribution is -2.62. The number of carbonyl (C=O) groups excluding carboxylic acids is 1. The van der Waals surface area contributed by atoms with Gasteiger partial charge in [0.05, 0.1) is 11.9 Å². The Morgan fingerprint density at radius 2 is 2.08 bits per heavy atom. The maximum Gasteiger partial charge on any atom is 0.270 e. The van der Waals surface area contributed by atoms with Gasteiger partial charge in [0.1, 0.15) is 12.0 Å². The smallest absolute Gasteiger partial charge is 0.270 e. The van der Waals surface area contributed by atoms with Gasteiger partial charge in [-0.05, 0) is 58.7 Å². The van der Waals surface area contributed by atoms with Crippen LogP contribution in [-0.2, 0) is 0 Å². The Kier molecular flexibility index (Phi) is 4.61. The van der Waals surface area contributed by atoms with Crippen molar-refractivity contribution >= 4 is 22.6 Å². The van der Waals surface area contributed by atoms with E-state index < -0.39 is 0 Å². The van der Waals surface area contributed by atoms with E-state index >= 15 is 0 Å². The summed E-state index contributed by atoms with van der Waals surface area (Å²) in [4.78, 5) is 21.9. The lowest BCUT2D eigenvalue weighted by Gasteiger charge is -2.49. The van der Waals surface area contributed by atoms with Gasteiger partial charge in [-0.2, -0.15) is 0 Å². The topological polar surface area (TPSA) is 61.6 Å². The Balaban J connectivity index is 1.58. The molecular formula is C20H28N4O2. The largest absolute Gasteiger partial charge is 0.460 e. The molecule has 6 nitrogen and oxygen atoms in total. The zero-order valence-electron chi connectivity index (χ0n) is 15.9. The molecule has 140 valence electrons. The van der Waals surface area contributed by atoms with Crippen LogP contribution in [0.5, 0.6) is 0 Å². The molecule has 2 atom stereocenters. The van der Waals surface area contributed by atoms with Crippen molar-refractivity contribution in [3.8, 4) is 0 Å². The van der Waals surface area contributed by atoms with E-state index in [4.69, 9.17) is 4.42 Å². The summed E-state index contributed by atoms with van der Waals surface area (Å²) >= 11 is 0. The highest BCUT2D eigenvalue weighted by Crippen LogP contribution is 2.33. The number of furan rings is 1. The van der Waals surface area contributed by atoms with E-state index in [1.807, 2.05) is 6.07 Å². The van der Waals surface area contributed by atoms with Gasteiger partial charge in [0.15, 0.2) is 5.58 Å². The van der Waals surface area contributed by atoms with E-state index in [1.54, 1.807) is 12.5 Å². The summed E-state index contributed by atoms with van der Waals surface area (Å²) in [6.45, 7) is 10.6. The van der Waals surface area contributed by atoms with Crippen LogP contribution >= 0.6 is 0 Å². The number of anilines is 1. The molecule has 0 spiro atoms. The number of fused-ring (bicyclic) bond motifs is 4. The maximum atomic E-state index is 12.9. The van der Waals surface area contributed by atoms with E-state index in [2.05, 4.69) is 40.9 Å². The Morgan fingerprint density at radius 3 is 2.73 bits per heavy atom. The van der Waals surface area contributed by atoms with Gasteiger partial charge < -0.3 is 14.6 Å². The highest BCUT2D eigenvalue weighted by atomic mass is 16.3. The molecule has 5 rings (SSSR count). The molecule has 6 heteroatoms. The van der Waals surface area contributed by atoms with Crippen molar-refractivity contribution in [1.82, 2.24) is 15.2 Å². The molecule has 3 saturated heterocycles. The fourth-order valence-corrected chi connectivity index (χ4v) is 4.62. The fourth-order valence-electron chi connectivity index (χ4n) is 4.62. The highest BCUT2D eigenvalue weighted by molar-refractivity contribution is 5.99. The van der Waals surface area contributed by atoms with E-state index in [-0.39, 0.29) is 11.9 Å². The zero-order valence-corrected chi connectivity index (χ0v) is 15.9. The molecule has 0 unspecified atom stereocenters. The van der Waals surface area contributed by atoms with Gasteiger partial charge in [-0.3, -0.25) is 9.69 Å². The second-order valence-electron chi connectivity index (χ2n) is 7.47. The summed E-state index contributed by atoms with van der Waals surface area (Å²) in [7, 11) is 0. The van der Waals surface area contributed by atoms with Crippen molar-refractivity contribution in [2.45, 2.75) is 45.7 Å². The number of nitrogens with one attached hydrogen (secondary N) is 1. The van der Waals surface area contributed by atoms with Crippen LogP contribution < -0.4 is 10.2 Å². The predicted molar refractivity (Wildman–Crippen MR) is 103 cm³/mol. The molecule has 3 aliphatic rings. The summed E-state index contributed by atoms with van der Waals surface area (Å²) in [5.74, 6) is 0.507. The Morgan fingerprint density at radius 1 is 1.35 bits per heavy atom. The molecule has 5 heterocycles. The second kappa shape index (κ2) is 6.91. The number of aromatic nitrogens is 1. The van der Waals surface area contributed by atoms with Crippen molar-refractivity contribution in [2.75, 3.05) is 31.1 Å². The van der Waals surface area contributed by atoms with Gasteiger partial charge in [0.2, 0.25) is 0 Å². The van der Waals surface area contributed by atoms with Crippen LogP contribution in [0.4, 0.5) is 5.69 Å². The van der Waals surface area contributed by atoms with E-state index in [0.717, 1.165) is 42.8 Å². The first-order chi connectivity index (χ1) is 12.6. The van der Waals surface area contributed by atoms with Crippen LogP contribution in [0, 0.1) is 5.92 Å². The number of rotatable bonds is 5. The zero-order chi connectivity index (χ0) is 18.3. The molecule has 2 aromatic heterocycles. The molecule has 1 N–H and O–H groups in total. The minimum Gasteiger partial charge on any atom is -0.460 e. The average molecular weight is 356 g/mol. The van der Waals surface area contributed by atoms with Gasteiger partial charge in [-0.1, -0.05) is 0 Å². The monoisotopic (exact) mass is 356 g/mol. The molecule has 0 saturated carbocycles. The number of amides is 1. The van der Waals surface area contributed by atoms with Gasteiger partial charge in [-0.15, -0.1) is 0 Å². The third-order valence-corrected chi connectivity index (χ3v) is 6.25. The van der Waals surface area contributed by atoms with Gasteiger partial charge in [0, 0.05) is 30.6 Å². The van der Waals surface area contributed by atoms with Crippen LogP contribution in [0.3, 0.4) is 0 Å². The minimum absolute atomic E-state index is 0.0794. The summed E-state index contributed by atoms with van der Waals surface area (Å²) in [5, 5.41) is 4.22. The first kappa shape index (κ1) is 17.3. The van der Waals surface area contributed by atoms with Crippen LogP contribution in [0.15, 0.2) is 22.9 Å². The number of nitrogens with zero attached hydrogens (tertiary/aromatic N) is 3. The summed E-state index contributed by atoms with van der Waals surface area (Å²) < 4.78 is 5.63. The molecule has 3 aliphatic heterocycles. The van der Waals surface area contributed by atoms with Crippen LogP contribution in [-0.4, -0.2) is 54.1 Å². The molecule has 26 heavy (non-hydrogen) atoms. The number of pyridine rings is 1. The van der Waals surface area contributed by atoms with Gasteiger partial charge in [-0.25, -0.2) is 4.98 Å². The van der Waals surface area contributed by atoms with Crippen molar-refractivity contribution in [3.63, 3.8) is 0 Å². The molecule has 0 radical (unpaired) electrons. The Labute approximate surface area is 154 Å². The quantitative estimate of drug-likeness (QED) is 0.893. The SMILES string of the molecule is CCN(CC)c1coc2cnc(C(=O)N[C@@H]3C4CCN(CC4)[C@H]3C)cc12. The average Bonchev–Trinajstić information content (AvgIpc) is 3.09. The standard InChI is InChI=1S/C20H28N4O2/c1-4-23(5-2)17-12-26-18-11-21-16(10-15(17)18)20(25)22-19-13(3)24-8-6-14(19)7-9-24/h10-14,19H,4-9H2,1-3H3,(H,22,25)/t13-,19-/m0/s1. The molecule has 2 aromatic rings. The number of piperidine rings is 3. The molecular weight excluding hydrogens is 328 g/mol. The van der Waals surface area contributed by atoms with Crippen molar-refractivity contribution in [2.24, 2.45) is 5.92 Å². The predicted octanol–water partition coefficient (Wildman–Crippen LogP) is 2.89. The summed E-state index contributed by atoms with van der Waals surface area (Å²) in [6, 6.07) is 2.48. The molecule has 1 amide bonds. The molecule has 0 aromatic carbocycles. The number of carbonyl (C=O) groups is 1. The first-order valence-corrected chi connectivity index (χ1v) is 9.79. The lowest BCUT2D eigenvalue weighted by atomic mass is 9.79. The molecule has 2 bridgehead atoms. The molecule has 3 fully saturated rings. The maximum absolute atomic E-state index is 12.9. The lowest BCUT2D eigenvalue weighted by molar-refractivity contribution is 0.0216. The number of hydrogen-bond donors (Lipinski definition) is 1. The second-order valence-corrected chi connectivity index (χ2v) is 7.47. The van der Waals surface area contributed by atoms with E-state index in [1.165, 1.54) is 12.8 Å². The summed E-state index contributed by atoms with van der Waals surface area (Å²) in [5.41, 5.74) is 2.22. The normalized spacial score (nSPS) is 27.7. The fraction of sp³-hybridized carbons (Fsp3) is 0.600. The van der Waals surface area contributed by atoms with E-state index in [0.29, 0.717) is 17.7 Å². The summed E-state index contributed by atoms with van der Waals surface area (Å²) in [6.07, 6.45) is 5.78. The third-order valence-electron chi connectivity index (χ3n) is 6.25. The van der Waals surface area contributed by atoms with Gasteiger partial charge in [0.25, 0.3) is 5.91 Å². The minimum atomic E-state index is -0.0794. The number of hydrogen-bond acceptors (Lipinski definition) is 5. The van der Waals surface area contributed by atoms with Crippen LogP contribution in [0.25, 0.3) is 11.0 Å². The van der Waals surface area contributed by atoms with Crippen LogP contribution in [0.1, 0.15) is 44.1 Å². The third kappa shape index (κ3) is 2.86. The molecule has 0 aliphatic carbocycles. The van der Waals surface area contributed by atoms with Crippen molar-refractivity contribution < 1.29 is 9.21 Å². The van der Waals surface area contributed by atoms with E-state index in [9.17, 15) is 4.79 Å². The van der Waals surface area contributed by atoms with Gasteiger partial charge >= 0.3 is 0 Å². The highest BCUT2D eigenvalue weighted by Gasteiger charge is 2.40. The van der Waals surface area contributed by atoms with Crippen molar-refractivity contribution in [3.05, 3.63) is 24.2 Å². The van der Waals surface area contributed by atoms with Crippen molar-refractivity contribution in [1.29, 1.82) is 0 Å². The first-order valence-electron chi connectivity index (χ1n) is 9.79. The Hall–Kier alpha value is -2.08.